The molecule has 39 heavy (non-hydrogen) atoms. The smallest absolute Gasteiger partial charge is 0.324 e. The van der Waals surface area contributed by atoms with E-state index >= 15 is 0 Å². The lowest BCUT2D eigenvalue weighted by Gasteiger charge is -2.36. The minimum Gasteiger partial charge on any atom is -0.490 e. The van der Waals surface area contributed by atoms with E-state index in [9.17, 15) is 4.79 Å². The average molecular weight is 541 g/mol. The molecule has 214 valence electrons. The molecule has 0 aliphatic carbocycles. The fourth-order valence-electron chi connectivity index (χ4n) is 6.06. The molecule has 3 fully saturated rings. The van der Waals surface area contributed by atoms with Crippen molar-refractivity contribution >= 4 is 17.9 Å². The quantitative estimate of drug-likeness (QED) is 0.507. The number of nitrogens with zero attached hydrogens (tertiary/aromatic N) is 7. The van der Waals surface area contributed by atoms with Crippen molar-refractivity contribution in [2.75, 3.05) is 49.1 Å². The van der Waals surface area contributed by atoms with Crippen molar-refractivity contribution in [3.63, 3.8) is 0 Å². The van der Waals surface area contributed by atoms with E-state index < -0.39 is 0 Å². The van der Waals surface area contributed by atoms with Crippen LogP contribution in [0.3, 0.4) is 0 Å². The normalized spacial score (nSPS) is 25.5. The summed E-state index contributed by atoms with van der Waals surface area (Å²) in [4.78, 5) is 32.4. The lowest BCUT2D eigenvalue weighted by Crippen LogP contribution is -2.53. The molecule has 11 nitrogen and oxygen atoms in total. The number of hydrogen-bond donors (Lipinski definition) is 1. The Labute approximate surface area is 231 Å². The van der Waals surface area contributed by atoms with Crippen molar-refractivity contribution in [3.05, 3.63) is 18.2 Å². The fourth-order valence-corrected chi connectivity index (χ4v) is 6.06. The van der Waals surface area contributed by atoms with E-state index in [0.29, 0.717) is 61.6 Å². The molecule has 3 saturated heterocycles. The summed E-state index contributed by atoms with van der Waals surface area (Å²) in [7, 11) is 0. The maximum absolute atomic E-state index is 12.5. The lowest BCUT2D eigenvalue weighted by atomic mass is 9.84. The number of aromatic nitrogens is 4. The minimum absolute atomic E-state index is 0.0117. The van der Waals surface area contributed by atoms with Gasteiger partial charge in [-0.3, -0.25) is 4.79 Å². The van der Waals surface area contributed by atoms with Crippen LogP contribution in [-0.4, -0.2) is 82.3 Å². The highest BCUT2D eigenvalue weighted by atomic mass is 16.5. The third-order valence-electron chi connectivity index (χ3n) is 8.71. The Bertz CT molecular complexity index is 1080. The van der Waals surface area contributed by atoms with Gasteiger partial charge in [-0.05, 0) is 43.4 Å². The zero-order valence-corrected chi connectivity index (χ0v) is 23.8. The van der Waals surface area contributed by atoms with Crippen LogP contribution in [0.15, 0.2) is 16.9 Å². The molecule has 3 aliphatic heterocycles. The van der Waals surface area contributed by atoms with Crippen molar-refractivity contribution in [2.24, 2.45) is 23.5 Å². The number of ether oxygens (including phenoxy) is 1. The van der Waals surface area contributed by atoms with Gasteiger partial charge in [0.25, 0.3) is 0 Å². The highest BCUT2D eigenvalue weighted by molar-refractivity contribution is 5.77. The molecule has 5 heterocycles. The van der Waals surface area contributed by atoms with E-state index in [-0.39, 0.29) is 23.9 Å². The summed E-state index contributed by atoms with van der Waals surface area (Å²) in [5, 5.41) is 4.10. The summed E-state index contributed by atoms with van der Waals surface area (Å²) in [5.74, 6) is 4.30. The Balaban J connectivity index is 1.05. The van der Waals surface area contributed by atoms with Gasteiger partial charge in [0.15, 0.2) is 11.6 Å². The second kappa shape index (κ2) is 12.1. The lowest BCUT2D eigenvalue weighted by molar-refractivity contribution is -0.137. The van der Waals surface area contributed by atoms with Crippen LogP contribution in [0.2, 0.25) is 0 Å². The first-order chi connectivity index (χ1) is 18.8. The fraction of sp³-hybridized carbons (Fsp3) is 0.750. The monoisotopic (exact) mass is 540 g/mol. The summed E-state index contributed by atoms with van der Waals surface area (Å²) in [6, 6.07) is 0.562. The van der Waals surface area contributed by atoms with Crippen LogP contribution in [0.25, 0.3) is 0 Å². The first kappa shape index (κ1) is 27.6. The number of likely N-dealkylation sites (tertiary alicyclic amines) is 1. The molecule has 0 unspecified atom stereocenters. The number of anilines is 2. The van der Waals surface area contributed by atoms with Crippen molar-refractivity contribution < 1.29 is 14.1 Å². The molecule has 3 aliphatic rings. The molecule has 2 N–H and O–H groups in total. The average Bonchev–Trinajstić information content (AvgIpc) is 3.58. The van der Waals surface area contributed by atoms with Crippen molar-refractivity contribution in [2.45, 2.75) is 77.8 Å². The zero-order valence-electron chi connectivity index (χ0n) is 23.8. The summed E-state index contributed by atoms with van der Waals surface area (Å²) < 4.78 is 11.5. The van der Waals surface area contributed by atoms with Crippen LogP contribution in [-0.2, 0) is 4.79 Å². The molecule has 0 bridgehead atoms. The van der Waals surface area contributed by atoms with Gasteiger partial charge in [-0.25, -0.2) is 9.97 Å². The summed E-state index contributed by atoms with van der Waals surface area (Å²) >= 11 is 0. The van der Waals surface area contributed by atoms with Gasteiger partial charge < -0.3 is 29.7 Å². The third-order valence-corrected chi connectivity index (χ3v) is 8.71. The van der Waals surface area contributed by atoms with E-state index in [1.165, 1.54) is 0 Å². The van der Waals surface area contributed by atoms with E-state index in [1.54, 1.807) is 12.4 Å². The van der Waals surface area contributed by atoms with Crippen LogP contribution in [0.4, 0.5) is 12.0 Å². The number of piperidine rings is 2. The van der Waals surface area contributed by atoms with Gasteiger partial charge in [0.1, 0.15) is 0 Å². The molecule has 4 atom stereocenters. The Morgan fingerprint density at radius 3 is 2.51 bits per heavy atom. The second-order valence-corrected chi connectivity index (χ2v) is 12.1. The topological polar surface area (TPSA) is 127 Å². The predicted octanol–water partition coefficient (Wildman–Crippen LogP) is 3.08. The third kappa shape index (κ3) is 6.45. The Morgan fingerprint density at radius 2 is 1.82 bits per heavy atom. The maximum Gasteiger partial charge on any atom is 0.324 e. The van der Waals surface area contributed by atoms with Crippen molar-refractivity contribution in [1.29, 1.82) is 0 Å². The molecule has 2 aromatic rings. The highest BCUT2D eigenvalue weighted by Gasteiger charge is 2.39. The van der Waals surface area contributed by atoms with Crippen LogP contribution in [0.1, 0.15) is 71.5 Å². The summed E-state index contributed by atoms with van der Waals surface area (Å²) in [6.45, 7) is 13.3. The molecule has 0 aromatic carbocycles. The molecular formula is C28H44N8O3. The van der Waals surface area contributed by atoms with Crippen molar-refractivity contribution in [3.8, 4) is 5.75 Å². The number of amides is 1. The van der Waals surface area contributed by atoms with E-state index in [2.05, 4.69) is 57.6 Å². The van der Waals surface area contributed by atoms with Gasteiger partial charge >= 0.3 is 6.01 Å². The number of carbonyl (C=O) groups is 1. The first-order valence-corrected chi connectivity index (χ1v) is 14.6. The minimum atomic E-state index is -0.100. The van der Waals surface area contributed by atoms with Crippen LogP contribution >= 0.6 is 0 Å². The molecule has 5 rings (SSSR count). The number of rotatable bonds is 9. The largest absolute Gasteiger partial charge is 0.490 e. The van der Waals surface area contributed by atoms with Gasteiger partial charge in [0.05, 0.1) is 25.0 Å². The molecule has 0 spiro atoms. The number of nitrogens with two attached hydrogens (primary N) is 1. The Morgan fingerprint density at radius 1 is 1.08 bits per heavy atom. The van der Waals surface area contributed by atoms with Gasteiger partial charge in [-0.2, -0.15) is 4.98 Å². The van der Waals surface area contributed by atoms with E-state index in [0.717, 1.165) is 51.1 Å². The highest BCUT2D eigenvalue weighted by Crippen LogP contribution is 2.30. The van der Waals surface area contributed by atoms with E-state index in [4.69, 9.17) is 15.0 Å². The van der Waals surface area contributed by atoms with E-state index in [1.807, 2.05) is 4.90 Å². The van der Waals surface area contributed by atoms with Gasteiger partial charge in [0, 0.05) is 51.1 Å². The maximum atomic E-state index is 12.5. The SMILES string of the molecule is CC(C)c1noc(N2CCC([C@H](C)CCOc3cnc(N4C[C@@H](N)[C@@H](N5C[C@H](C)CCC5=O)C4)nc3)CC2)n1. The molecule has 2 aromatic heterocycles. The molecular weight excluding hydrogens is 496 g/mol. The van der Waals surface area contributed by atoms with Gasteiger partial charge in [-0.15, -0.1) is 0 Å². The molecule has 0 radical (unpaired) electrons. The summed E-state index contributed by atoms with van der Waals surface area (Å²) in [5.41, 5.74) is 6.45. The molecule has 1 amide bonds. The predicted molar refractivity (Wildman–Crippen MR) is 149 cm³/mol. The standard InChI is InChI=1S/C28H44N8O3/c1-18(2)26-32-28(39-33-26)34-10-7-21(8-11-34)20(4)9-12-38-22-13-30-27(31-14-22)35-16-23(29)24(17-35)36-15-19(3)5-6-25(36)37/h13-14,18-21,23-24H,5-12,15-17,29H2,1-4H3/t19-,20-,23-,24+/m1/s1. The Hall–Kier alpha value is -2.95. The number of carbonyl (C=O) groups excluding carboxylic acids is 1. The zero-order chi connectivity index (χ0) is 27.5. The van der Waals surface area contributed by atoms with Gasteiger partial charge in [-0.1, -0.05) is 32.9 Å². The van der Waals surface area contributed by atoms with Crippen LogP contribution in [0, 0.1) is 17.8 Å². The molecule has 0 saturated carbocycles. The number of hydrogen-bond acceptors (Lipinski definition) is 10. The van der Waals surface area contributed by atoms with Crippen molar-refractivity contribution in [1.82, 2.24) is 25.0 Å². The summed E-state index contributed by atoms with van der Waals surface area (Å²) in [6.07, 6.45) is 8.27. The first-order valence-electron chi connectivity index (χ1n) is 14.6. The second-order valence-electron chi connectivity index (χ2n) is 12.1. The van der Waals surface area contributed by atoms with Crippen LogP contribution in [0.5, 0.6) is 5.75 Å². The molecule has 11 heteroatoms. The van der Waals surface area contributed by atoms with Crippen LogP contribution < -0.4 is 20.3 Å². The Kier molecular flexibility index (Phi) is 8.54. The van der Waals surface area contributed by atoms with Gasteiger partial charge in [0.2, 0.25) is 11.9 Å².